The molecule has 0 amide bonds. The zero-order valence-corrected chi connectivity index (χ0v) is 14.2. The molecule has 0 aromatic heterocycles. The third-order valence-corrected chi connectivity index (χ3v) is 3.97. The summed E-state index contributed by atoms with van der Waals surface area (Å²) in [7, 11) is 0. The average molecular weight is 306 g/mol. The van der Waals surface area contributed by atoms with Crippen molar-refractivity contribution in [2.75, 3.05) is 6.61 Å². The van der Waals surface area contributed by atoms with E-state index < -0.39 is 0 Å². The van der Waals surface area contributed by atoms with E-state index in [-0.39, 0.29) is 0 Å². The van der Waals surface area contributed by atoms with Gasteiger partial charge in [0.1, 0.15) is 5.75 Å². The molecule has 0 atom stereocenters. The largest absolute Gasteiger partial charge is 0.493 e. The monoisotopic (exact) mass is 305 g/mol. The Balaban J connectivity index is 1.94. The lowest BCUT2D eigenvalue weighted by Gasteiger charge is -2.08. The highest BCUT2D eigenvalue weighted by molar-refractivity contribution is 7.79. The molecule has 1 rings (SSSR count). The molecule has 0 heterocycles. The number of benzene rings is 1. The maximum atomic E-state index is 5.77. The second-order valence-corrected chi connectivity index (χ2v) is 5.83. The first kappa shape index (κ1) is 18.2. The fraction of sp³-hybridized carbons (Fsp3) is 0.632. The summed E-state index contributed by atoms with van der Waals surface area (Å²) >= 11 is 4.86. The molecular formula is C19H29OS. The van der Waals surface area contributed by atoms with Crippen molar-refractivity contribution >= 4 is 17.6 Å². The van der Waals surface area contributed by atoms with Gasteiger partial charge in [-0.25, -0.2) is 0 Å². The number of hydrogen-bond acceptors (Lipinski definition) is 2. The summed E-state index contributed by atoms with van der Waals surface area (Å²) in [5.41, 5.74) is 0.888. The summed E-state index contributed by atoms with van der Waals surface area (Å²) in [6.45, 7) is 3.05. The number of rotatable bonds is 13. The molecule has 1 aromatic rings. The highest BCUT2D eigenvalue weighted by atomic mass is 32.1. The first-order valence-corrected chi connectivity index (χ1v) is 8.89. The van der Waals surface area contributed by atoms with Crippen molar-refractivity contribution in [3.05, 3.63) is 29.8 Å². The van der Waals surface area contributed by atoms with Crippen LogP contribution in [0.4, 0.5) is 0 Å². The first-order valence-electron chi connectivity index (χ1n) is 8.48. The maximum Gasteiger partial charge on any atom is 0.128 e. The quantitative estimate of drug-likeness (QED) is 0.316. The fourth-order valence-corrected chi connectivity index (χ4v) is 2.62. The van der Waals surface area contributed by atoms with E-state index in [1.54, 1.807) is 0 Å². The molecule has 1 radical (unpaired) electrons. The molecule has 0 aliphatic carbocycles. The Morgan fingerprint density at radius 3 is 2.05 bits per heavy atom. The van der Waals surface area contributed by atoms with Crippen LogP contribution in [0, 0.1) is 0 Å². The van der Waals surface area contributed by atoms with E-state index in [4.69, 9.17) is 17.0 Å². The average Bonchev–Trinajstić information content (AvgIpc) is 2.53. The van der Waals surface area contributed by atoms with Gasteiger partial charge in [0.05, 0.1) is 12.0 Å². The molecule has 0 aliphatic heterocycles. The standard InChI is InChI=1S/C19H29OS/c1-2-3-4-5-6-7-8-9-10-13-16-20-19-15-12-11-14-18(19)17-21/h11-12,14-15H,2-10,13,16H2,1H3. The number of hydrogen-bond donors (Lipinski definition) is 0. The molecule has 1 nitrogen and oxygen atoms in total. The molecule has 0 N–H and O–H groups in total. The molecule has 0 saturated heterocycles. The van der Waals surface area contributed by atoms with Gasteiger partial charge >= 0.3 is 0 Å². The van der Waals surface area contributed by atoms with Gasteiger partial charge in [0.15, 0.2) is 0 Å². The van der Waals surface area contributed by atoms with Crippen molar-refractivity contribution in [1.29, 1.82) is 0 Å². The minimum absolute atomic E-state index is 0.782. The van der Waals surface area contributed by atoms with Crippen LogP contribution in [0.25, 0.3) is 0 Å². The lowest BCUT2D eigenvalue weighted by atomic mass is 10.1. The Hall–Kier alpha value is -0.890. The third-order valence-electron chi connectivity index (χ3n) is 3.75. The molecular weight excluding hydrogens is 276 g/mol. The van der Waals surface area contributed by atoms with Gasteiger partial charge in [-0.15, -0.1) is 0 Å². The van der Waals surface area contributed by atoms with Crippen molar-refractivity contribution < 1.29 is 4.74 Å². The van der Waals surface area contributed by atoms with Gasteiger partial charge in [-0.3, -0.25) is 0 Å². The van der Waals surface area contributed by atoms with Crippen LogP contribution >= 0.6 is 12.2 Å². The van der Waals surface area contributed by atoms with Crippen LogP contribution in [-0.4, -0.2) is 12.0 Å². The predicted molar refractivity (Wildman–Crippen MR) is 95.5 cm³/mol. The Morgan fingerprint density at radius 2 is 1.43 bits per heavy atom. The van der Waals surface area contributed by atoms with Gasteiger partial charge in [-0.2, -0.15) is 0 Å². The summed E-state index contributed by atoms with van der Waals surface area (Å²) in [5, 5.41) is 2.74. The van der Waals surface area contributed by atoms with Gasteiger partial charge in [0.25, 0.3) is 0 Å². The van der Waals surface area contributed by atoms with Crippen LogP contribution < -0.4 is 4.74 Å². The van der Waals surface area contributed by atoms with E-state index in [0.29, 0.717) is 0 Å². The summed E-state index contributed by atoms with van der Waals surface area (Å²) in [5.74, 6) is 0.864. The van der Waals surface area contributed by atoms with Gasteiger partial charge < -0.3 is 4.74 Å². The lowest BCUT2D eigenvalue weighted by molar-refractivity contribution is 0.304. The van der Waals surface area contributed by atoms with Gasteiger partial charge in [-0.05, 0) is 18.6 Å². The molecule has 0 bridgehead atoms. The molecule has 117 valence electrons. The smallest absolute Gasteiger partial charge is 0.128 e. The SMILES string of the molecule is CCCCCCCCCCCCOc1ccccc1[C]=S. The molecule has 0 spiro atoms. The van der Waals surface area contributed by atoms with Gasteiger partial charge in [0.2, 0.25) is 0 Å². The molecule has 0 saturated carbocycles. The fourth-order valence-electron chi connectivity index (χ4n) is 2.45. The summed E-state index contributed by atoms with van der Waals surface area (Å²) in [6, 6.07) is 7.85. The molecule has 0 unspecified atom stereocenters. The summed E-state index contributed by atoms with van der Waals surface area (Å²) < 4.78 is 5.77. The predicted octanol–water partition coefficient (Wildman–Crippen LogP) is 6.21. The Morgan fingerprint density at radius 1 is 0.857 bits per heavy atom. The van der Waals surface area contributed by atoms with Crippen molar-refractivity contribution in [3.63, 3.8) is 0 Å². The minimum Gasteiger partial charge on any atom is -0.493 e. The molecule has 21 heavy (non-hydrogen) atoms. The van der Waals surface area contributed by atoms with Crippen LogP contribution in [0.5, 0.6) is 5.75 Å². The van der Waals surface area contributed by atoms with Crippen molar-refractivity contribution in [3.8, 4) is 5.75 Å². The van der Waals surface area contributed by atoms with Crippen LogP contribution in [0.1, 0.15) is 76.7 Å². The Kier molecular flexibility index (Phi) is 11.1. The van der Waals surface area contributed by atoms with E-state index >= 15 is 0 Å². The van der Waals surface area contributed by atoms with Crippen molar-refractivity contribution in [1.82, 2.24) is 0 Å². The second kappa shape index (κ2) is 12.8. The van der Waals surface area contributed by atoms with Crippen molar-refractivity contribution in [2.45, 2.75) is 71.1 Å². The van der Waals surface area contributed by atoms with E-state index in [9.17, 15) is 0 Å². The summed E-state index contributed by atoms with van der Waals surface area (Å²) in [4.78, 5) is 0. The Labute approximate surface area is 136 Å². The van der Waals surface area contributed by atoms with E-state index in [1.165, 1.54) is 57.8 Å². The lowest BCUT2D eigenvalue weighted by Crippen LogP contribution is -1.99. The van der Waals surface area contributed by atoms with E-state index in [2.05, 4.69) is 12.3 Å². The van der Waals surface area contributed by atoms with Crippen molar-refractivity contribution in [2.24, 2.45) is 0 Å². The maximum absolute atomic E-state index is 5.77. The summed E-state index contributed by atoms with van der Waals surface area (Å²) in [6.07, 6.45) is 13.5. The van der Waals surface area contributed by atoms with Crippen LogP contribution in [0.15, 0.2) is 24.3 Å². The minimum atomic E-state index is 0.782. The van der Waals surface area contributed by atoms with E-state index in [0.717, 1.165) is 24.3 Å². The zero-order chi connectivity index (χ0) is 15.2. The zero-order valence-electron chi connectivity index (χ0n) is 13.4. The number of para-hydroxylation sites is 1. The second-order valence-electron chi connectivity index (χ2n) is 5.63. The van der Waals surface area contributed by atoms with Crippen LogP contribution in [0.2, 0.25) is 0 Å². The van der Waals surface area contributed by atoms with Crippen LogP contribution in [0.3, 0.4) is 0 Å². The highest BCUT2D eigenvalue weighted by Gasteiger charge is 1.99. The van der Waals surface area contributed by atoms with Crippen LogP contribution in [-0.2, 0) is 0 Å². The Bertz CT molecular complexity index is 376. The normalized spacial score (nSPS) is 10.5. The van der Waals surface area contributed by atoms with E-state index in [1.807, 2.05) is 24.3 Å². The first-order chi connectivity index (χ1) is 10.4. The highest BCUT2D eigenvalue weighted by Crippen LogP contribution is 2.17. The number of unbranched alkanes of at least 4 members (excludes halogenated alkanes) is 9. The molecule has 0 fully saturated rings. The number of thiocarbonyl (C=S) groups is 1. The molecule has 1 aromatic carbocycles. The topological polar surface area (TPSA) is 9.23 Å². The van der Waals surface area contributed by atoms with Gasteiger partial charge in [-0.1, -0.05) is 89.1 Å². The van der Waals surface area contributed by atoms with Gasteiger partial charge in [0, 0.05) is 5.56 Å². The number of ether oxygens (including phenoxy) is 1. The molecule has 0 aliphatic rings. The molecule has 2 heteroatoms. The third kappa shape index (κ3) is 8.87.